The Morgan fingerprint density at radius 2 is 1.90 bits per heavy atom. The van der Waals surface area contributed by atoms with E-state index in [2.05, 4.69) is 63.0 Å². The van der Waals surface area contributed by atoms with E-state index in [-0.39, 0.29) is 5.78 Å². The van der Waals surface area contributed by atoms with Crippen LogP contribution in [0.25, 0.3) is 0 Å². The Labute approximate surface area is 140 Å². The van der Waals surface area contributed by atoms with Gasteiger partial charge in [0.15, 0.2) is 5.78 Å². The van der Waals surface area contributed by atoms with Crippen LogP contribution in [0.15, 0.2) is 37.9 Å². The van der Waals surface area contributed by atoms with Gasteiger partial charge in [-0.3, -0.25) is 9.69 Å². The van der Waals surface area contributed by atoms with Crippen molar-refractivity contribution >= 4 is 49.0 Å². The highest BCUT2D eigenvalue weighted by atomic mass is 79.9. The molecule has 1 aromatic heterocycles. The van der Waals surface area contributed by atoms with Crippen molar-refractivity contribution in [1.29, 1.82) is 0 Å². The van der Waals surface area contributed by atoms with Crippen molar-refractivity contribution in [3.8, 4) is 0 Å². The van der Waals surface area contributed by atoms with Crippen molar-refractivity contribution in [2.75, 3.05) is 13.6 Å². The lowest BCUT2D eigenvalue weighted by molar-refractivity contribution is 0.0943. The molecule has 0 N–H and O–H groups in total. The molecule has 106 valence electrons. The molecule has 0 aliphatic heterocycles. The minimum Gasteiger partial charge on any atom is -0.295 e. The summed E-state index contributed by atoms with van der Waals surface area (Å²) in [6.45, 7) is 3.26. The van der Waals surface area contributed by atoms with E-state index < -0.39 is 0 Å². The minimum atomic E-state index is 0.133. The Bertz CT molecular complexity index is 607. The SMILES string of the molecule is Cc1ccc(CN(C)CC(=O)c2cc(Br)sc2Br)cc1. The molecule has 0 radical (unpaired) electrons. The number of hydrogen-bond acceptors (Lipinski definition) is 3. The number of rotatable bonds is 5. The zero-order valence-corrected chi connectivity index (χ0v) is 15.3. The first-order valence-electron chi connectivity index (χ1n) is 6.18. The molecule has 1 aromatic carbocycles. The van der Waals surface area contributed by atoms with Crippen LogP contribution in [0.3, 0.4) is 0 Å². The molecule has 0 aliphatic carbocycles. The molecule has 0 saturated carbocycles. The first kappa shape index (κ1) is 15.9. The molecule has 0 fully saturated rings. The summed E-state index contributed by atoms with van der Waals surface area (Å²) in [6, 6.07) is 10.3. The number of benzene rings is 1. The molecule has 0 unspecified atom stereocenters. The summed E-state index contributed by atoms with van der Waals surface area (Å²) in [5.41, 5.74) is 3.22. The number of nitrogens with zero attached hydrogens (tertiary/aromatic N) is 1. The van der Waals surface area contributed by atoms with Gasteiger partial charge >= 0.3 is 0 Å². The molecule has 2 nitrogen and oxygen atoms in total. The van der Waals surface area contributed by atoms with E-state index >= 15 is 0 Å². The second-order valence-electron chi connectivity index (χ2n) is 4.82. The molecule has 1 heterocycles. The highest BCUT2D eigenvalue weighted by Crippen LogP contribution is 2.32. The quantitative estimate of drug-likeness (QED) is 0.646. The third kappa shape index (κ3) is 4.25. The predicted octanol–water partition coefficient (Wildman–Crippen LogP) is 4.90. The summed E-state index contributed by atoms with van der Waals surface area (Å²) < 4.78 is 1.85. The zero-order chi connectivity index (χ0) is 14.7. The smallest absolute Gasteiger partial charge is 0.178 e. The second-order valence-corrected chi connectivity index (χ2v) is 8.57. The summed E-state index contributed by atoms with van der Waals surface area (Å²) in [4.78, 5) is 14.3. The Kier molecular flexibility index (Phi) is 5.55. The van der Waals surface area contributed by atoms with Gasteiger partial charge in [0.1, 0.15) is 0 Å². The van der Waals surface area contributed by atoms with E-state index in [1.54, 1.807) is 0 Å². The molecule has 0 saturated heterocycles. The van der Waals surface area contributed by atoms with Gasteiger partial charge < -0.3 is 0 Å². The van der Waals surface area contributed by atoms with Crippen LogP contribution in [0, 0.1) is 6.92 Å². The first-order valence-corrected chi connectivity index (χ1v) is 8.58. The Morgan fingerprint density at radius 3 is 2.45 bits per heavy atom. The lowest BCUT2D eigenvalue weighted by Crippen LogP contribution is -2.25. The zero-order valence-electron chi connectivity index (χ0n) is 11.3. The van der Waals surface area contributed by atoms with Crippen molar-refractivity contribution in [2.24, 2.45) is 0 Å². The third-order valence-electron chi connectivity index (χ3n) is 2.94. The molecule has 2 aromatic rings. The van der Waals surface area contributed by atoms with Crippen molar-refractivity contribution in [2.45, 2.75) is 13.5 Å². The van der Waals surface area contributed by atoms with Gasteiger partial charge in [-0.25, -0.2) is 0 Å². The fourth-order valence-electron chi connectivity index (χ4n) is 1.92. The molecular formula is C15H15Br2NOS. The van der Waals surface area contributed by atoms with E-state index in [0.717, 1.165) is 19.7 Å². The van der Waals surface area contributed by atoms with Crippen LogP contribution in [0.1, 0.15) is 21.5 Å². The van der Waals surface area contributed by atoms with Gasteiger partial charge in [-0.05, 0) is 57.5 Å². The van der Waals surface area contributed by atoms with Gasteiger partial charge in [-0.1, -0.05) is 29.8 Å². The normalized spacial score (nSPS) is 11.1. The van der Waals surface area contributed by atoms with Crippen molar-refractivity contribution in [3.63, 3.8) is 0 Å². The Balaban J connectivity index is 1.97. The maximum absolute atomic E-state index is 12.2. The summed E-state index contributed by atoms with van der Waals surface area (Å²) in [5, 5.41) is 0. The van der Waals surface area contributed by atoms with Crippen LogP contribution in [0.2, 0.25) is 0 Å². The number of Topliss-reactive ketones (excluding diaryl/α,β-unsaturated/α-hetero) is 1. The largest absolute Gasteiger partial charge is 0.295 e. The molecule has 2 rings (SSSR count). The first-order chi connectivity index (χ1) is 9.45. The fourth-order valence-corrected chi connectivity index (χ4v) is 4.78. The molecule has 0 amide bonds. The molecular weight excluding hydrogens is 402 g/mol. The Hall–Kier alpha value is -0.490. The van der Waals surface area contributed by atoms with Gasteiger partial charge in [0, 0.05) is 12.1 Å². The van der Waals surface area contributed by atoms with E-state index in [9.17, 15) is 4.79 Å². The number of aryl methyl sites for hydroxylation is 1. The number of halogens is 2. The van der Waals surface area contributed by atoms with Gasteiger partial charge in [0.25, 0.3) is 0 Å². The lowest BCUT2D eigenvalue weighted by atomic mass is 10.1. The van der Waals surface area contributed by atoms with Gasteiger partial charge in [-0.2, -0.15) is 0 Å². The number of hydrogen-bond donors (Lipinski definition) is 0. The molecule has 0 atom stereocenters. The standard InChI is InChI=1S/C15H15Br2NOS/c1-10-3-5-11(6-4-10)8-18(2)9-13(19)12-7-14(16)20-15(12)17/h3-7H,8-9H2,1-2H3. The van der Waals surface area contributed by atoms with E-state index in [1.807, 2.05) is 18.0 Å². The highest BCUT2D eigenvalue weighted by Gasteiger charge is 2.15. The van der Waals surface area contributed by atoms with Crippen molar-refractivity contribution in [3.05, 3.63) is 54.6 Å². The third-order valence-corrected chi connectivity index (χ3v) is 5.28. The minimum absolute atomic E-state index is 0.133. The van der Waals surface area contributed by atoms with E-state index in [1.165, 1.54) is 22.5 Å². The maximum atomic E-state index is 12.2. The molecule has 20 heavy (non-hydrogen) atoms. The Morgan fingerprint density at radius 1 is 1.25 bits per heavy atom. The number of likely N-dealkylation sites (N-methyl/N-ethyl adjacent to an activating group) is 1. The lowest BCUT2D eigenvalue weighted by Gasteiger charge is -2.15. The van der Waals surface area contributed by atoms with Crippen LogP contribution in [0.5, 0.6) is 0 Å². The molecule has 0 spiro atoms. The average molecular weight is 417 g/mol. The predicted molar refractivity (Wildman–Crippen MR) is 91.6 cm³/mol. The van der Waals surface area contributed by atoms with Crippen LogP contribution < -0.4 is 0 Å². The summed E-state index contributed by atoms with van der Waals surface area (Å²) >= 11 is 8.36. The number of carbonyl (C=O) groups is 1. The van der Waals surface area contributed by atoms with E-state index in [4.69, 9.17) is 0 Å². The topological polar surface area (TPSA) is 20.3 Å². The number of thiophene rings is 1. The number of carbonyl (C=O) groups excluding carboxylic acids is 1. The average Bonchev–Trinajstić information content (AvgIpc) is 2.71. The van der Waals surface area contributed by atoms with Crippen LogP contribution in [-0.2, 0) is 6.54 Å². The number of ketones is 1. The summed E-state index contributed by atoms with van der Waals surface area (Å²) in [7, 11) is 1.97. The highest BCUT2D eigenvalue weighted by molar-refractivity contribution is 9.12. The second kappa shape index (κ2) is 6.98. The molecule has 5 heteroatoms. The summed E-state index contributed by atoms with van der Waals surface area (Å²) in [5.74, 6) is 0.133. The van der Waals surface area contributed by atoms with Gasteiger partial charge in [-0.15, -0.1) is 11.3 Å². The fraction of sp³-hybridized carbons (Fsp3) is 0.267. The van der Waals surface area contributed by atoms with Crippen molar-refractivity contribution < 1.29 is 4.79 Å². The molecule has 0 aliphatic rings. The van der Waals surface area contributed by atoms with Crippen molar-refractivity contribution in [1.82, 2.24) is 4.90 Å². The maximum Gasteiger partial charge on any atom is 0.178 e. The van der Waals surface area contributed by atoms with Crippen LogP contribution >= 0.6 is 43.2 Å². The summed E-state index contributed by atoms with van der Waals surface area (Å²) in [6.07, 6.45) is 0. The molecule has 0 bridgehead atoms. The van der Waals surface area contributed by atoms with Gasteiger partial charge in [0.05, 0.1) is 14.1 Å². The van der Waals surface area contributed by atoms with Crippen LogP contribution in [0.4, 0.5) is 0 Å². The van der Waals surface area contributed by atoms with E-state index in [0.29, 0.717) is 6.54 Å². The van der Waals surface area contributed by atoms with Gasteiger partial charge in [0.2, 0.25) is 0 Å². The van der Waals surface area contributed by atoms with Crippen LogP contribution in [-0.4, -0.2) is 24.3 Å². The monoisotopic (exact) mass is 415 g/mol.